The second kappa shape index (κ2) is 5.42. The first-order chi connectivity index (χ1) is 4.76. The predicted octanol–water partition coefficient (Wildman–Crippen LogP) is 1.90. The molecule has 0 saturated heterocycles. The molecule has 0 aliphatic rings. The molecule has 1 atom stereocenters. The van der Waals surface area contributed by atoms with E-state index < -0.39 is 0 Å². The molecule has 0 aromatic carbocycles. The normalized spacial score (nSPS) is 13.1. The summed E-state index contributed by atoms with van der Waals surface area (Å²) in [5, 5.41) is 7.46. The van der Waals surface area contributed by atoms with Gasteiger partial charge in [-0.05, 0) is 19.8 Å². The minimum atomic E-state index is 0.280. The van der Waals surface area contributed by atoms with Gasteiger partial charge in [-0.2, -0.15) is 0 Å². The van der Waals surface area contributed by atoms with Gasteiger partial charge in [-0.25, -0.2) is 0 Å². The molecule has 0 rings (SSSR count). The van der Waals surface area contributed by atoms with E-state index in [9.17, 15) is 0 Å². The molecule has 0 aromatic rings. The van der Waals surface area contributed by atoms with E-state index in [0.29, 0.717) is 18.7 Å². The standard InChI is InChI=1S/C8H16NO/c1-4-7(6-10-3)8(9)5-2/h7,9H,2,4-6H2,1,3H3. The first-order valence-corrected chi connectivity index (χ1v) is 3.61. The van der Waals surface area contributed by atoms with Gasteiger partial charge < -0.3 is 10.1 Å². The maximum absolute atomic E-state index is 7.46. The SMILES string of the molecule is [CH2]CC(=N)C(CC)COC. The molecule has 0 aliphatic heterocycles. The first-order valence-electron chi connectivity index (χ1n) is 3.61. The van der Waals surface area contributed by atoms with Crippen molar-refractivity contribution >= 4 is 5.71 Å². The zero-order valence-electron chi connectivity index (χ0n) is 6.81. The lowest BCUT2D eigenvalue weighted by atomic mass is 10.00. The van der Waals surface area contributed by atoms with Gasteiger partial charge in [0.2, 0.25) is 0 Å². The van der Waals surface area contributed by atoms with Gasteiger partial charge in [-0.1, -0.05) is 6.92 Å². The Kier molecular flexibility index (Phi) is 5.22. The van der Waals surface area contributed by atoms with Crippen molar-refractivity contribution in [3.63, 3.8) is 0 Å². The third-order valence-electron chi connectivity index (χ3n) is 1.62. The lowest BCUT2D eigenvalue weighted by molar-refractivity contribution is 0.174. The summed E-state index contributed by atoms with van der Waals surface area (Å²) in [5.74, 6) is 0.280. The fourth-order valence-electron chi connectivity index (χ4n) is 0.870. The van der Waals surface area contributed by atoms with Gasteiger partial charge >= 0.3 is 0 Å². The second-order valence-electron chi connectivity index (χ2n) is 2.34. The quantitative estimate of drug-likeness (QED) is 0.584. The molecule has 1 radical (unpaired) electrons. The van der Waals surface area contributed by atoms with Crippen LogP contribution in [0.15, 0.2) is 0 Å². The van der Waals surface area contributed by atoms with Crippen LogP contribution >= 0.6 is 0 Å². The second-order valence-corrected chi connectivity index (χ2v) is 2.34. The zero-order chi connectivity index (χ0) is 7.98. The molecular formula is C8H16NO. The van der Waals surface area contributed by atoms with E-state index in [2.05, 4.69) is 13.8 Å². The summed E-state index contributed by atoms with van der Waals surface area (Å²) in [6.45, 7) is 6.38. The van der Waals surface area contributed by atoms with Crippen LogP contribution in [0.1, 0.15) is 19.8 Å². The van der Waals surface area contributed by atoms with Gasteiger partial charge in [0.25, 0.3) is 0 Å². The van der Waals surface area contributed by atoms with E-state index in [-0.39, 0.29) is 5.92 Å². The van der Waals surface area contributed by atoms with Crippen LogP contribution in [0.2, 0.25) is 0 Å². The molecule has 2 nitrogen and oxygen atoms in total. The Hall–Kier alpha value is -0.370. The van der Waals surface area contributed by atoms with E-state index in [4.69, 9.17) is 10.1 Å². The fourth-order valence-corrected chi connectivity index (χ4v) is 0.870. The summed E-state index contributed by atoms with van der Waals surface area (Å²) in [5.41, 5.74) is 0.698. The number of rotatable bonds is 5. The Morgan fingerprint density at radius 3 is 2.60 bits per heavy atom. The summed E-state index contributed by atoms with van der Waals surface area (Å²) >= 11 is 0. The fraction of sp³-hybridized carbons (Fsp3) is 0.750. The lowest BCUT2D eigenvalue weighted by Gasteiger charge is -2.12. The van der Waals surface area contributed by atoms with Gasteiger partial charge in [-0.15, -0.1) is 0 Å². The number of hydrogen-bond acceptors (Lipinski definition) is 2. The van der Waals surface area contributed by atoms with E-state index >= 15 is 0 Å². The molecule has 0 bridgehead atoms. The van der Waals surface area contributed by atoms with E-state index in [1.807, 2.05) is 0 Å². The van der Waals surface area contributed by atoms with Gasteiger partial charge in [0.1, 0.15) is 0 Å². The minimum absolute atomic E-state index is 0.280. The molecular weight excluding hydrogens is 126 g/mol. The molecule has 1 N–H and O–H groups in total. The van der Waals surface area contributed by atoms with Gasteiger partial charge in [0, 0.05) is 18.7 Å². The number of methoxy groups -OCH3 is 1. The number of hydrogen-bond donors (Lipinski definition) is 1. The Morgan fingerprint density at radius 1 is 1.70 bits per heavy atom. The van der Waals surface area contributed by atoms with Crippen LogP contribution < -0.4 is 0 Å². The third kappa shape index (κ3) is 2.97. The highest BCUT2D eigenvalue weighted by Gasteiger charge is 2.09. The van der Waals surface area contributed by atoms with Gasteiger partial charge in [0.15, 0.2) is 0 Å². The van der Waals surface area contributed by atoms with Crippen LogP contribution in [0.3, 0.4) is 0 Å². The smallest absolute Gasteiger partial charge is 0.0542 e. The zero-order valence-corrected chi connectivity index (χ0v) is 6.81. The molecule has 0 amide bonds. The first kappa shape index (κ1) is 9.63. The summed E-state index contributed by atoms with van der Waals surface area (Å²) in [6, 6.07) is 0. The lowest BCUT2D eigenvalue weighted by Crippen LogP contribution is -2.17. The molecule has 1 unspecified atom stereocenters. The van der Waals surface area contributed by atoms with Crippen molar-refractivity contribution < 1.29 is 4.74 Å². The Labute approximate surface area is 63.1 Å². The summed E-state index contributed by atoms with van der Waals surface area (Å²) in [6.07, 6.45) is 1.57. The maximum Gasteiger partial charge on any atom is 0.0542 e. The van der Waals surface area contributed by atoms with Crippen LogP contribution in [-0.4, -0.2) is 19.4 Å². The average molecular weight is 142 g/mol. The topological polar surface area (TPSA) is 33.1 Å². The average Bonchev–Trinajstić information content (AvgIpc) is 1.99. The molecule has 0 spiro atoms. The van der Waals surface area contributed by atoms with Crippen molar-refractivity contribution in [3.05, 3.63) is 6.92 Å². The van der Waals surface area contributed by atoms with Crippen LogP contribution in [0.5, 0.6) is 0 Å². The highest BCUT2D eigenvalue weighted by Crippen LogP contribution is 2.06. The number of nitrogens with one attached hydrogen (secondary N) is 1. The molecule has 10 heavy (non-hydrogen) atoms. The van der Waals surface area contributed by atoms with Crippen molar-refractivity contribution in [2.75, 3.05) is 13.7 Å². The predicted molar refractivity (Wildman–Crippen MR) is 43.4 cm³/mol. The van der Waals surface area contributed by atoms with Gasteiger partial charge in [-0.3, -0.25) is 0 Å². The largest absolute Gasteiger partial charge is 0.384 e. The van der Waals surface area contributed by atoms with Crippen LogP contribution in [0.4, 0.5) is 0 Å². The van der Waals surface area contributed by atoms with Crippen molar-refractivity contribution in [2.45, 2.75) is 19.8 Å². The van der Waals surface area contributed by atoms with Crippen molar-refractivity contribution in [3.8, 4) is 0 Å². The molecule has 0 aliphatic carbocycles. The monoisotopic (exact) mass is 142 g/mol. The molecule has 2 heteroatoms. The number of ether oxygens (including phenoxy) is 1. The highest BCUT2D eigenvalue weighted by atomic mass is 16.5. The highest BCUT2D eigenvalue weighted by molar-refractivity contribution is 5.84. The Morgan fingerprint density at radius 2 is 2.30 bits per heavy atom. The van der Waals surface area contributed by atoms with E-state index in [1.54, 1.807) is 7.11 Å². The summed E-state index contributed by atoms with van der Waals surface area (Å²) in [4.78, 5) is 0. The maximum atomic E-state index is 7.46. The van der Waals surface area contributed by atoms with Crippen molar-refractivity contribution in [1.82, 2.24) is 0 Å². The third-order valence-corrected chi connectivity index (χ3v) is 1.62. The van der Waals surface area contributed by atoms with E-state index in [0.717, 1.165) is 6.42 Å². The van der Waals surface area contributed by atoms with Crippen LogP contribution in [0.25, 0.3) is 0 Å². The minimum Gasteiger partial charge on any atom is -0.384 e. The van der Waals surface area contributed by atoms with Crippen molar-refractivity contribution in [1.29, 1.82) is 5.41 Å². The van der Waals surface area contributed by atoms with Crippen molar-refractivity contribution in [2.24, 2.45) is 5.92 Å². The molecule has 0 heterocycles. The Bertz CT molecular complexity index is 101. The Balaban J connectivity index is 3.68. The molecule has 0 saturated carbocycles. The molecule has 0 fully saturated rings. The summed E-state index contributed by atoms with van der Waals surface area (Å²) < 4.78 is 4.95. The van der Waals surface area contributed by atoms with Crippen LogP contribution in [0, 0.1) is 18.3 Å². The summed E-state index contributed by atoms with van der Waals surface area (Å²) in [7, 11) is 1.67. The van der Waals surface area contributed by atoms with Crippen LogP contribution in [-0.2, 0) is 4.74 Å². The van der Waals surface area contributed by atoms with Gasteiger partial charge in [0.05, 0.1) is 6.61 Å². The van der Waals surface area contributed by atoms with E-state index in [1.165, 1.54) is 0 Å². The molecule has 59 valence electrons. The molecule has 0 aromatic heterocycles.